The van der Waals surface area contributed by atoms with Gasteiger partial charge in [0, 0.05) is 23.8 Å². The molecule has 4 nitrogen and oxygen atoms in total. The average molecular weight is 282 g/mol. The van der Waals surface area contributed by atoms with Gasteiger partial charge in [0.25, 0.3) is 5.91 Å². The van der Waals surface area contributed by atoms with Crippen LogP contribution in [0.15, 0.2) is 48.5 Å². The van der Waals surface area contributed by atoms with E-state index in [9.17, 15) is 9.90 Å². The number of benzene rings is 2. The predicted octanol–water partition coefficient (Wildman–Crippen LogP) is 2.66. The first-order valence-corrected chi connectivity index (χ1v) is 7.10. The van der Waals surface area contributed by atoms with Crippen molar-refractivity contribution < 1.29 is 9.90 Å². The summed E-state index contributed by atoms with van der Waals surface area (Å²) in [6.07, 6.45) is 2.06. The van der Waals surface area contributed by atoms with Crippen molar-refractivity contribution in [2.24, 2.45) is 5.73 Å². The summed E-state index contributed by atoms with van der Waals surface area (Å²) < 4.78 is 0. The van der Waals surface area contributed by atoms with Crippen molar-refractivity contribution in [3.63, 3.8) is 0 Å². The summed E-state index contributed by atoms with van der Waals surface area (Å²) in [7, 11) is 0. The first kappa shape index (κ1) is 13.6. The zero-order valence-electron chi connectivity index (χ0n) is 11.7. The molecule has 0 bridgehead atoms. The maximum Gasteiger partial charge on any atom is 0.258 e. The van der Waals surface area contributed by atoms with Gasteiger partial charge in [-0.15, -0.1) is 0 Å². The van der Waals surface area contributed by atoms with E-state index in [2.05, 4.69) is 0 Å². The van der Waals surface area contributed by atoms with Crippen molar-refractivity contribution in [2.45, 2.75) is 25.4 Å². The second-order valence-electron chi connectivity index (χ2n) is 5.32. The third-order valence-corrected chi connectivity index (χ3v) is 3.70. The van der Waals surface area contributed by atoms with Crippen LogP contribution in [0.25, 0.3) is 0 Å². The number of rotatable bonds is 4. The van der Waals surface area contributed by atoms with Crippen LogP contribution in [-0.2, 0) is 6.54 Å². The van der Waals surface area contributed by atoms with Crippen LogP contribution in [0, 0.1) is 0 Å². The summed E-state index contributed by atoms with van der Waals surface area (Å²) in [5.41, 5.74) is 8.14. The molecule has 0 unspecified atom stereocenters. The van der Waals surface area contributed by atoms with E-state index in [0.717, 1.165) is 24.1 Å². The van der Waals surface area contributed by atoms with E-state index >= 15 is 0 Å². The number of phenolic OH excluding ortho intramolecular Hbond substituents is 1. The highest BCUT2D eigenvalue weighted by Gasteiger charge is 2.34. The Labute approximate surface area is 123 Å². The molecule has 21 heavy (non-hydrogen) atoms. The fraction of sp³-hybridized carbons (Fsp3) is 0.235. The van der Waals surface area contributed by atoms with Crippen molar-refractivity contribution in [2.75, 3.05) is 4.90 Å². The number of carbonyl (C=O) groups excluding carboxylic acids is 1. The van der Waals surface area contributed by atoms with Gasteiger partial charge < -0.3 is 15.7 Å². The largest absolute Gasteiger partial charge is 0.508 e. The number of aromatic hydroxyl groups is 1. The van der Waals surface area contributed by atoms with Crippen molar-refractivity contribution >= 4 is 11.6 Å². The van der Waals surface area contributed by atoms with Crippen molar-refractivity contribution in [1.82, 2.24) is 0 Å². The Kier molecular flexibility index (Phi) is 3.62. The van der Waals surface area contributed by atoms with Gasteiger partial charge in [-0.25, -0.2) is 0 Å². The van der Waals surface area contributed by atoms with E-state index in [1.807, 2.05) is 29.2 Å². The highest BCUT2D eigenvalue weighted by molar-refractivity contribution is 6.06. The summed E-state index contributed by atoms with van der Waals surface area (Å²) in [5.74, 6) is 0.134. The van der Waals surface area contributed by atoms with E-state index in [-0.39, 0.29) is 17.7 Å². The van der Waals surface area contributed by atoms with Gasteiger partial charge in [0.2, 0.25) is 0 Å². The van der Waals surface area contributed by atoms with Gasteiger partial charge in [-0.05, 0) is 54.8 Å². The van der Waals surface area contributed by atoms with Gasteiger partial charge >= 0.3 is 0 Å². The zero-order valence-corrected chi connectivity index (χ0v) is 11.7. The van der Waals surface area contributed by atoms with Crippen LogP contribution in [0.4, 0.5) is 5.69 Å². The van der Waals surface area contributed by atoms with Gasteiger partial charge in [0.1, 0.15) is 5.75 Å². The second kappa shape index (κ2) is 5.58. The van der Waals surface area contributed by atoms with Crippen molar-refractivity contribution in [1.29, 1.82) is 0 Å². The molecule has 0 aliphatic heterocycles. The number of nitrogens with zero attached hydrogens (tertiary/aromatic N) is 1. The number of phenols is 1. The molecule has 2 aromatic rings. The lowest BCUT2D eigenvalue weighted by molar-refractivity contribution is 0.0985. The summed E-state index contributed by atoms with van der Waals surface area (Å²) in [4.78, 5) is 14.6. The Morgan fingerprint density at radius 3 is 2.24 bits per heavy atom. The van der Waals surface area contributed by atoms with Gasteiger partial charge in [-0.2, -0.15) is 0 Å². The topological polar surface area (TPSA) is 66.6 Å². The van der Waals surface area contributed by atoms with Crippen LogP contribution in [-0.4, -0.2) is 17.1 Å². The molecule has 0 aromatic heterocycles. The van der Waals surface area contributed by atoms with Crippen LogP contribution >= 0.6 is 0 Å². The van der Waals surface area contributed by atoms with Gasteiger partial charge in [-0.1, -0.05) is 12.1 Å². The Morgan fingerprint density at radius 1 is 1.10 bits per heavy atom. The standard InChI is InChI=1S/C17H18N2O2/c18-11-12-1-5-14(6-2-12)19(15-7-8-15)17(21)13-3-9-16(20)10-4-13/h1-6,9-10,15,20H,7-8,11,18H2. The maximum atomic E-state index is 12.7. The molecule has 0 heterocycles. The lowest BCUT2D eigenvalue weighted by atomic mass is 10.1. The molecule has 1 saturated carbocycles. The molecule has 1 amide bonds. The smallest absolute Gasteiger partial charge is 0.258 e. The number of nitrogens with two attached hydrogens (primary N) is 1. The molecule has 3 N–H and O–H groups in total. The van der Waals surface area contributed by atoms with Gasteiger partial charge in [0.05, 0.1) is 0 Å². The van der Waals surface area contributed by atoms with E-state index in [1.54, 1.807) is 12.1 Å². The molecular formula is C17H18N2O2. The first-order chi connectivity index (χ1) is 10.2. The Morgan fingerprint density at radius 2 is 1.71 bits per heavy atom. The molecule has 2 aromatic carbocycles. The minimum Gasteiger partial charge on any atom is -0.508 e. The van der Waals surface area contributed by atoms with Gasteiger partial charge in [-0.3, -0.25) is 4.79 Å². The summed E-state index contributed by atoms with van der Waals surface area (Å²) in [5, 5.41) is 9.34. The van der Waals surface area contributed by atoms with Crippen LogP contribution in [0.5, 0.6) is 5.75 Å². The molecular weight excluding hydrogens is 264 g/mol. The summed E-state index contributed by atoms with van der Waals surface area (Å²) in [6.45, 7) is 0.496. The molecule has 0 atom stereocenters. The minimum absolute atomic E-state index is 0.0296. The molecule has 0 spiro atoms. The van der Waals surface area contributed by atoms with Crippen LogP contribution in [0.3, 0.4) is 0 Å². The summed E-state index contributed by atoms with van der Waals surface area (Å²) >= 11 is 0. The van der Waals surface area contributed by atoms with Crippen molar-refractivity contribution in [3.05, 3.63) is 59.7 Å². The monoisotopic (exact) mass is 282 g/mol. The summed E-state index contributed by atoms with van der Waals surface area (Å²) in [6, 6.07) is 14.4. The molecule has 0 saturated heterocycles. The minimum atomic E-state index is -0.0296. The second-order valence-corrected chi connectivity index (χ2v) is 5.32. The zero-order chi connectivity index (χ0) is 14.8. The van der Waals surface area contributed by atoms with Gasteiger partial charge in [0.15, 0.2) is 0 Å². The average Bonchev–Trinajstić information content (AvgIpc) is 3.33. The van der Waals surface area contributed by atoms with E-state index in [0.29, 0.717) is 12.1 Å². The van der Waals surface area contributed by atoms with E-state index in [1.165, 1.54) is 12.1 Å². The van der Waals surface area contributed by atoms with Crippen LogP contribution in [0.1, 0.15) is 28.8 Å². The molecule has 1 fully saturated rings. The Hall–Kier alpha value is -2.33. The normalized spacial score (nSPS) is 14.0. The molecule has 0 radical (unpaired) electrons. The highest BCUT2D eigenvalue weighted by Crippen LogP contribution is 2.33. The van der Waals surface area contributed by atoms with E-state index < -0.39 is 0 Å². The Balaban J connectivity index is 1.90. The number of amides is 1. The number of carbonyl (C=O) groups is 1. The number of hydrogen-bond acceptors (Lipinski definition) is 3. The fourth-order valence-electron chi connectivity index (χ4n) is 2.36. The predicted molar refractivity (Wildman–Crippen MR) is 82.3 cm³/mol. The van der Waals surface area contributed by atoms with E-state index in [4.69, 9.17) is 5.73 Å². The highest BCUT2D eigenvalue weighted by atomic mass is 16.3. The van der Waals surface area contributed by atoms with Crippen LogP contribution < -0.4 is 10.6 Å². The lowest BCUT2D eigenvalue weighted by Gasteiger charge is -2.23. The SMILES string of the molecule is NCc1ccc(N(C(=O)c2ccc(O)cc2)C2CC2)cc1. The molecule has 1 aliphatic carbocycles. The first-order valence-electron chi connectivity index (χ1n) is 7.10. The molecule has 1 aliphatic rings. The lowest BCUT2D eigenvalue weighted by Crippen LogP contribution is -2.33. The van der Waals surface area contributed by atoms with Crippen molar-refractivity contribution in [3.8, 4) is 5.75 Å². The quantitative estimate of drug-likeness (QED) is 0.906. The maximum absolute atomic E-state index is 12.7. The Bertz CT molecular complexity index is 631. The third-order valence-electron chi connectivity index (χ3n) is 3.70. The number of anilines is 1. The fourth-order valence-corrected chi connectivity index (χ4v) is 2.36. The van der Waals surface area contributed by atoms with Crippen LogP contribution in [0.2, 0.25) is 0 Å². The third kappa shape index (κ3) is 2.90. The molecule has 3 rings (SSSR count). The molecule has 108 valence electrons. The molecule has 4 heteroatoms. The number of hydrogen-bond donors (Lipinski definition) is 2.